The van der Waals surface area contributed by atoms with Crippen LogP contribution in [0.2, 0.25) is 0 Å². The second kappa shape index (κ2) is 5.77. The summed E-state index contributed by atoms with van der Waals surface area (Å²) in [5.74, 6) is 0.543. The third-order valence-corrected chi connectivity index (χ3v) is 3.15. The molecule has 1 aromatic heterocycles. The fourth-order valence-corrected chi connectivity index (χ4v) is 2.24. The number of aliphatic carboxylic acids is 1. The molecule has 4 nitrogen and oxygen atoms in total. The van der Waals surface area contributed by atoms with E-state index in [9.17, 15) is 4.79 Å². The summed E-state index contributed by atoms with van der Waals surface area (Å²) in [6.45, 7) is 2.00. The predicted octanol–water partition coefficient (Wildman–Crippen LogP) is 1.83. The number of carboxylic acids is 1. The Labute approximate surface area is 90.2 Å². The minimum atomic E-state index is -0.919. The first kappa shape index (κ1) is 11.2. The van der Waals surface area contributed by atoms with Crippen molar-refractivity contribution in [2.24, 2.45) is 0 Å². The Morgan fingerprint density at radius 1 is 1.71 bits per heavy atom. The molecule has 14 heavy (non-hydrogen) atoms. The fourth-order valence-electron chi connectivity index (χ4n) is 0.708. The first-order valence-corrected chi connectivity index (χ1v) is 5.83. The molecule has 1 heterocycles. The molecule has 0 radical (unpaired) electrons. The standard InChI is InChI=1S/C8H10N2O2S2/c1-2-6-9-8(14-10-6)13-5-3-4-7(11)12/h3-4H,2,5H2,1H3,(H,11,12). The van der Waals surface area contributed by atoms with E-state index in [0.29, 0.717) is 5.75 Å². The van der Waals surface area contributed by atoms with Gasteiger partial charge in [0.2, 0.25) is 0 Å². The molecule has 0 aromatic carbocycles. The van der Waals surface area contributed by atoms with Crippen LogP contribution >= 0.6 is 23.3 Å². The zero-order chi connectivity index (χ0) is 10.4. The monoisotopic (exact) mass is 230 g/mol. The molecule has 0 atom stereocenters. The summed E-state index contributed by atoms with van der Waals surface area (Å²) in [5, 5.41) is 8.33. The van der Waals surface area contributed by atoms with Crippen molar-refractivity contribution < 1.29 is 9.90 Å². The average Bonchev–Trinajstić information content (AvgIpc) is 2.60. The molecule has 1 aromatic rings. The molecule has 0 aliphatic carbocycles. The Hall–Kier alpha value is -0.880. The van der Waals surface area contributed by atoms with Gasteiger partial charge in [-0.15, -0.1) is 0 Å². The lowest BCUT2D eigenvalue weighted by Crippen LogP contribution is -1.86. The first-order valence-electron chi connectivity index (χ1n) is 4.07. The van der Waals surface area contributed by atoms with Crippen LogP contribution in [0.25, 0.3) is 0 Å². The van der Waals surface area contributed by atoms with Crippen molar-refractivity contribution in [1.82, 2.24) is 9.36 Å². The molecule has 0 bridgehead atoms. The molecule has 0 unspecified atom stereocenters. The Morgan fingerprint density at radius 2 is 2.50 bits per heavy atom. The number of carboxylic acid groups (broad SMARTS) is 1. The number of hydrogen-bond acceptors (Lipinski definition) is 5. The van der Waals surface area contributed by atoms with E-state index in [2.05, 4.69) is 9.36 Å². The maximum absolute atomic E-state index is 10.1. The third kappa shape index (κ3) is 3.89. The van der Waals surface area contributed by atoms with Crippen LogP contribution in [-0.2, 0) is 11.2 Å². The van der Waals surface area contributed by atoms with Crippen molar-refractivity contribution in [3.63, 3.8) is 0 Å². The van der Waals surface area contributed by atoms with Crippen LogP contribution in [0.4, 0.5) is 0 Å². The number of thioether (sulfide) groups is 1. The minimum absolute atomic E-state index is 0.616. The molecule has 0 saturated carbocycles. The highest BCUT2D eigenvalue weighted by Gasteiger charge is 2.00. The van der Waals surface area contributed by atoms with Crippen LogP contribution in [-0.4, -0.2) is 26.2 Å². The molecule has 0 aliphatic rings. The highest BCUT2D eigenvalue weighted by atomic mass is 32.2. The topological polar surface area (TPSA) is 63.1 Å². The molecule has 1 rings (SSSR count). The van der Waals surface area contributed by atoms with Gasteiger partial charge in [0.1, 0.15) is 5.82 Å². The maximum atomic E-state index is 10.1. The van der Waals surface area contributed by atoms with Gasteiger partial charge in [0.25, 0.3) is 0 Å². The van der Waals surface area contributed by atoms with E-state index in [1.54, 1.807) is 6.08 Å². The van der Waals surface area contributed by atoms with Crippen LogP contribution in [0.5, 0.6) is 0 Å². The summed E-state index contributed by atoms with van der Waals surface area (Å²) in [7, 11) is 0. The van der Waals surface area contributed by atoms with Gasteiger partial charge in [-0.3, -0.25) is 0 Å². The number of carbonyl (C=O) groups is 1. The van der Waals surface area contributed by atoms with E-state index in [1.165, 1.54) is 23.3 Å². The number of hydrogen-bond donors (Lipinski definition) is 1. The Bertz CT molecular complexity index is 336. The molecule has 6 heteroatoms. The van der Waals surface area contributed by atoms with Crippen molar-refractivity contribution in [3.8, 4) is 0 Å². The van der Waals surface area contributed by atoms with Crippen molar-refractivity contribution >= 4 is 29.3 Å². The van der Waals surface area contributed by atoms with E-state index in [0.717, 1.165) is 22.7 Å². The van der Waals surface area contributed by atoms with Gasteiger partial charge in [-0.05, 0) is 11.5 Å². The highest BCUT2D eigenvalue weighted by Crippen LogP contribution is 2.19. The molecule has 76 valence electrons. The van der Waals surface area contributed by atoms with Gasteiger partial charge in [-0.25, -0.2) is 9.78 Å². The zero-order valence-electron chi connectivity index (χ0n) is 7.64. The lowest BCUT2D eigenvalue weighted by Gasteiger charge is -1.87. The first-order chi connectivity index (χ1) is 6.72. The largest absolute Gasteiger partial charge is 0.478 e. The summed E-state index contributed by atoms with van der Waals surface area (Å²) in [6.07, 6.45) is 3.57. The predicted molar refractivity (Wildman–Crippen MR) is 56.8 cm³/mol. The molecule has 0 spiro atoms. The van der Waals surface area contributed by atoms with Gasteiger partial charge in [0.05, 0.1) is 0 Å². The van der Waals surface area contributed by atoms with Crippen LogP contribution in [0.15, 0.2) is 16.5 Å². The second-order valence-electron chi connectivity index (χ2n) is 2.38. The SMILES string of the molecule is CCc1nsc(SCC=CC(=O)O)n1. The van der Waals surface area contributed by atoms with Gasteiger partial charge in [-0.1, -0.05) is 24.8 Å². The molecular weight excluding hydrogens is 220 g/mol. The zero-order valence-corrected chi connectivity index (χ0v) is 9.27. The van der Waals surface area contributed by atoms with E-state index < -0.39 is 5.97 Å². The van der Waals surface area contributed by atoms with E-state index in [1.807, 2.05) is 6.92 Å². The van der Waals surface area contributed by atoms with Crippen molar-refractivity contribution in [2.45, 2.75) is 17.7 Å². The van der Waals surface area contributed by atoms with E-state index in [4.69, 9.17) is 5.11 Å². The van der Waals surface area contributed by atoms with Gasteiger partial charge >= 0.3 is 5.97 Å². The van der Waals surface area contributed by atoms with Crippen LogP contribution in [0.1, 0.15) is 12.7 Å². The van der Waals surface area contributed by atoms with Gasteiger partial charge in [-0.2, -0.15) is 4.37 Å². The fraction of sp³-hybridized carbons (Fsp3) is 0.375. The van der Waals surface area contributed by atoms with Crippen molar-refractivity contribution in [2.75, 3.05) is 5.75 Å². The number of rotatable bonds is 5. The molecule has 0 saturated heterocycles. The summed E-state index contributed by atoms with van der Waals surface area (Å²) in [4.78, 5) is 14.4. The smallest absolute Gasteiger partial charge is 0.328 e. The lowest BCUT2D eigenvalue weighted by atomic mass is 10.5. The number of aryl methyl sites for hydroxylation is 1. The second-order valence-corrected chi connectivity index (χ2v) is 4.40. The normalized spacial score (nSPS) is 10.9. The molecule has 0 aliphatic heterocycles. The summed E-state index contributed by atoms with van der Waals surface area (Å²) in [6, 6.07) is 0. The van der Waals surface area contributed by atoms with Crippen LogP contribution in [0, 0.1) is 0 Å². The summed E-state index contributed by atoms with van der Waals surface area (Å²) < 4.78 is 5.00. The molecule has 0 amide bonds. The van der Waals surface area contributed by atoms with Crippen LogP contribution < -0.4 is 0 Å². The molecule has 1 N–H and O–H groups in total. The summed E-state index contributed by atoms with van der Waals surface area (Å²) >= 11 is 2.85. The Morgan fingerprint density at radius 3 is 3.07 bits per heavy atom. The number of nitrogens with zero attached hydrogens (tertiary/aromatic N) is 2. The van der Waals surface area contributed by atoms with Gasteiger partial charge in [0.15, 0.2) is 4.34 Å². The van der Waals surface area contributed by atoms with Crippen molar-refractivity contribution in [1.29, 1.82) is 0 Å². The van der Waals surface area contributed by atoms with Crippen LogP contribution in [0.3, 0.4) is 0 Å². The van der Waals surface area contributed by atoms with E-state index >= 15 is 0 Å². The maximum Gasteiger partial charge on any atom is 0.328 e. The van der Waals surface area contributed by atoms with Gasteiger partial charge < -0.3 is 5.11 Å². The van der Waals surface area contributed by atoms with E-state index in [-0.39, 0.29) is 0 Å². The Balaban J connectivity index is 2.34. The summed E-state index contributed by atoms with van der Waals surface area (Å²) in [5.41, 5.74) is 0. The number of aromatic nitrogens is 2. The highest BCUT2D eigenvalue weighted by molar-refractivity contribution is 8.01. The van der Waals surface area contributed by atoms with Crippen molar-refractivity contribution in [3.05, 3.63) is 18.0 Å². The third-order valence-electron chi connectivity index (χ3n) is 1.33. The lowest BCUT2D eigenvalue weighted by molar-refractivity contribution is -0.131. The molecule has 0 fully saturated rings. The average molecular weight is 230 g/mol. The van der Waals surface area contributed by atoms with Gasteiger partial charge in [0, 0.05) is 18.2 Å². The minimum Gasteiger partial charge on any atom is -0.478 e. The molecular formula is C8H10N2O2S2. The quantitative estimate of drug-likeness (QED) is 0.617. The Kier molecular flexibility index (Phi) is 4.61.